The maximum Gasteiger partial charge on any atom is 0.194 e. The molecular weight excluding hydrogens is 292 g/mol. The number of aliphatic imine (C=N–C) groups is 1. The fraction of sp³-hybridized carbons (Fsp3) is 0.765. The van der Waals surface area contributed by atoms with Crippen molar-refractivity contribution >= 4 is 17.3 Å². The Hall–Kier alpha value is -1.10. The molecule has 1 aromatic rings. The summed E-state index contributed by atoms with van der Waals surface area (Å²) in [5, 5.41) is 6.82. The molecule has 0 atom stereocenters. The summed E-state index contributed by atoms with van der Waals surface area (Å²) < 4.78 is 0. The first-order valence-corrected chi connectivity index (χ1v) is 9.19. The molecule has 2 rings (SSSR count). The van der Waals surface area contributed by atoms with E-state index >= 15 is 0 Å². The summed E-state index contributed by atoms with van der Waals surface area (Å²) in [5.74, 6) is 1.04. The first-order valence-electron chi connectivity index (χ1n) is 8.31. The van der Waals surface area contributed by atoms with Crippen molar-refractivity contribution in [3.63, 3.8) is 0 Å². The molecule has 0 amide bonds. The Morgan fingerprint density at radius 2 is 2.09 bits per heavy atom. The van der Waals surface area contributed by atoms with Crippen LogP contribution in [0.1, 0.15) is 52.2 Å². The van der Waals surface area contributed by atoms with E-state index in [9.17, 15) is 0 Å². The molecule has 4 nitrogen and oxygen atoms in total. The van der Waals surface area contributed by atoms with Crippen molar-refractivity contribution in [2.24, 2.45) is 10.4 Å². The minimum Gasteiger partial charge on any atom is -0.356 e. The Balaban J connectivity index is 1.99. The minimum atomic E-state index is 0.143. The van der Waals surface area contributed by atoms with Gasteiger partial charge in [-0.05, 0) is 27.2 Å². The summed E-state index contributed by atoms with van der Waals surface area (Å²) in [4.78, 5) is 11.8. The van der Waals surface area contributed by atoms with E-state index in [0.29, 0.717) is 5.41 Å². The fourth-order valence-electron chi connectivity index (χ4n) is 2.70. The van der Waals surface area contributed by atoms with Gasteiger partial charge < -0.3 is 10.2 Å². The van der Waals surface area contributed by atoms with E-state index in [0.717, 1.165) is 38.4 Å². The second kappa shape index (κ2) is 6.57. The molecule has 1 aromatic heterocycles. The molecular formula is C17H30N4S. The quantitative estimate of drug-likeness (QED) is 0.668. The van der Waals surface area contributed by atoms with Crippen LogP contribution >= 0.6 is 11.3 Å². The summed E-state index contributed by atoms with van der Waals surface area (Å²) in [6.45, 7) is 16.3. The van der Waals surface area contributed by atoms with Crippen molar-refractivity contribution in [2.45, 2.75) is 59.9 Å². The molecule has 1 N–H and O–H groups in total. The van der Waals surface area contributed by atoms with Crippen molar-refractivity contribution in [1.29, 1.82) is 0 Å². The fourth-order valence-corrected chi connectivity index (χ4v) is 3.48. The van der Waals surface area contributed by atoms with Gasteiger partial charge in [-0.15, -0.1) is 11.3 Å². The Bertz CT molecular complexity index is 531. The zero-order chi connectivity index (χ0) is 16.4. The van der Waals surface area contributed by atoms with Crippen LogP contribution in [0.3, 0.4) is 0 Å². The van der Waals surface area contributed by atoms with Gasteiger partial charge in [0, 0.05) is 42.4 Å². The van der Waals surface area contributed by atoms with Gasteiger partial charge in [-0.2, -0.15) is 0 Å². The smallest absolute Gasteiger partial charge is 0.194 e. The van der Waals surface area contributed by atoms with E-state index in [1.165, 1.54) is 10.7 Å². The van der Waals surface area contributed by atoms with Crippen molar-refractivity contribution in [2.75, 3.05) is 19.6 Å². The van der Waals surface area contributed by atoms with E-state index in [1.807, 2.05) is 0 Å². The molecule has 1 fully saturated rings. The second-order valence-electron chi connectivity index (χ2n) is 7.10. The van der Waals surface area contributed by atoms with Gasteiger partial charge in [0.05, 0.1) is 10.7 Å². The van der Waals surface area contributed by atoms with E-state index < -0.39 is 0 Å². The van der Waals surface area contributed by atoms with Gasteiger partial charge in [-0.25, -0.2) is 4.98 Å². The first kappa shape index (κ1) is 17.3. The third kappa shape index (κ3) is 3.29. The molecule has 0 saturated carbocycles. The van der Waals surface area contributed by atoms with Crippen LogP contribution in [0.5, 0.6) is 0 Å². The molecule has 2 heterocycles. The predicted molar refractivity (Wildman–Crippen MR) is 95.7 cm³/mol. The number of nitrogens with zero attached hydrogens (tertiary/aromatic N) is 3. The third-order valence-electron chi connectivity index (χ3n) is 5.01. The minimum absolute atomic E-state index is 0.143. The summed E-state index contributed by atoms with van der Waals surface area (Å²) in [6, 6.07) is 0. The lowest BCUT2D eigenvalue weighted by Crippen LogP contribution is -2.72. The Kier molecular flexibility index (Phi) is 5.15. The average molecular weight is 323 g/mol. The van der Waals surface area contributed by atoms with Crippen molar-refractivity contribution in [3.05, 3.63) is 16.1 Å². The molecule has 124 valence electrons. The van der Waals surface area contributed by atoms with Crippen LogP contribution in [0, 0.1) is 5.41 Å². The summed E-state index contributed by atoms with van der Waals surface area (Å²) >= 11 is 1.75. The summed E-state index contributed by atoms with van der Waals surface area (Å²) in [6.07, 6.45) is 1.94. The van der Waals surface area contributed by atoms with Crippen LogP contribution in [0.15, 0.2) is 10.4 Å². The lowest BCUT2D eigenvalue weighted by atomic mass is 9.65. The molecule has 1 aliphatic rings. The number of likely N-dealkylation sites (tertiary alicyclic amines) is 1. The Labute approximate surface area is 139 Å². The second-order valence-corrected chi connectivity index (χ2v) is 8.04. The largest absolute Gasteiger partial charge is 0.356 e. The molecule has 0 bridgehead atoms. The standard InChI is InChI=1S/C17H30N4S/c1-7-14-20-13(11-22-14)9-10-19-15(18-8-2)21-12-16(3,4)17(21,5)6/h11H,7-10,12H2,1-6H3,(H,18,19). The highest BCUT2D eigenvalue weighted by Crippen LogP contribution is 2.46. The van der Waals surface area contributed by atoms with Crippen LogP contribution in [0.2, 0.25) is 0 Å². The zero-order valence-electron chi connectivity index (χ0n) is 14.9. The highest BCUT2D eigenvalue weighted by Gasteiger charge is 2.53. The maximum atomic E-state index is 4.82. The number of hydrogen-bond acceptors (Lipinski definition) is 3. The molecule has 0 unspecified atom stereocenters. The molecule has 0 aromatic carbocycles. The van der Waals surface area contributed by atoms with Gasteiger partial charge in [-0.1, -0.05) is 20.8 Å². The topological polar surface area (TPSA) is 40.5 Å². The zero-order valence-corrected chi connectivity index (χ0v) is 15.7. The van der Waals surface area contributed by atoms with E-state index in [2.05, 4.69) is 62.1 Å². The number of aryl methyl sites for hydroxylation is 1. The number of thiazole rings is 1. The van der Waals surface area contributed by atoms with Crippen LogP contribution in [-0.4, -0.2) is 41.0 Å². The number of guanidine groups is 1. The maximum absolute atomic E-state index is 4.82. The highest BCUT2D eigenvalue weighted by atomic mass is 32.1. The Morgan fingerprint density at radius 3 is 2.59 bits per heavy atom. The molecule has 0 aliphatic carbocycles. The van der Waals surface area contributed by atoms with Gasteiger partial charge in [0.15, 0.2) is 5.96 Å². The van der Waals surface area contributed by atoms with Crippen molar-refractivity contribution in [1.82, 2.24) is 15.2 Å². The molecule has 0 spiro atoms. The lowest BCUT2D eigenvalue weighted by molar-refractivity contribution is -0.0667. The molecule has 1 saturated heterocycles. The molecule has 1 aliphatic heterocycles. The number of nitrogens with one attached hydrogen (secondary N) is 1. The SMILES string of the molecule is CCNC(=NCCc1csc(CC)n1)N1CC(C)(C)C1(C)C. The van der Waals surface area contributed by atoms with E-state index in [4.69, 9.17) is 4.99 Å². The molecule has 5 heteroatoms. The van der Waals surface area contributed by atoms with Gasteiger partial charge in [-0.3, -0.25) is 4.99 Å². The predicted octanol–water partition coefficient (Wildman–Crippen LogP) is 3.33. The molecule has 22 heavy (non-hydrogen) atoms. The van der Waals surface area contributed by atoms with Crippen molar-refractivity contribution < 1.29 is 0 Å². The van der Waals surface area contributed by atoms with Gasteiger partial charge >= 0.3 is 0 Å². The molecule has 0 radical (unpaired) electrons. The van der Waals surface area contributed by atoms with Gasteiger partial charge in [0.2, 0.25) is 0 Å². The van der Waals surface area contributed by atoms with Crippen LogP contribution in [-0.2, 0) is 12.8 Å². The lowest BCUT2D eigenvalue weighted by Gasteiger charge is -2.62. The van der Waals surface area contributed by atoms with E-state index in [1.54, 1.807) is 11.3 Å². The number of aromatic nitrogens is 1. The van der Waals surface area contributed by atoms with Crippen molar-refractivity contribution in [3.8, 4) is 0 Å². The number of rotatable bonds is 5. The third-order valence-corrected chi connectivity index (χ3v) is 6.05. The van der Waals surface area contributed by atoms with Crippen LogP contribution < -0.4 is 5.32 Å². The normalized spacial score (nSPS) is 19.9. The highest BCUT2D eigenvalue weighted by molar-refractivity contribution is 7.09. The first-order chi connectivity index (χ1) is 10.3. The average Bonchev–Trinajstić information content (AvgIpc) is 2.92. The summed E-state index contributed by atoms with van der Waals surface area (Å²) in [7, 11) is 0. The van der Waals surface area contributed by atoms with Crippen LogP contribution in [0.4, 0.5) is 0 Å². The monoisotopic (exact) mass is 322 g/mol. The Morgan fingerprint density at radius 1 is 1.36 bits per heavy atom. The van der Waals surface area contributed by atoms with Crippen LogP contribution in [0.25, 0.3) is 0 Å². The van der Waals surface area contributed by atoms with Gasteiger partial charge in [0.1, 0.15) is 0 Å². The van der Waals surface area contributed by atoms with E-state index in [-0.39, 0.29) is 5.54 Å². The van der Waals surface area contributed by atoms with Gasteiger partial charge in [0.25, 0.3) is 0 Å². The summed E-state index contributed by atoms with van der Waals surface area (Å²) in [5.41, 5.74) is 1.64. The number of hydrogen-bond donors (Lipinski definition) is 1.